The van der Waals surface area contributed by atoms with Crippen molar-refractivity contribution in [2.75, 3.05) is 26.8 Å². The van der Waals surface area contributed by atoms with E-state index in [9.17, 15) is 0 Å². The van der Waals surface area contributed by atoms with Crippen molar-refractivity contribution >= 4 is 10.9 Å². The van der Waals surface area contributed by atoms with Crippen LogP contribution in [0.3, 0.4) is 0 Å². The Kier molecular flexibility index (Phi) is 5.19. The molecule has 0 spiro atoms. The van der Waals surface area contributed by atoms with Gasteiger partial charge < -0.3 is 14.5 Å². The number of aryl methyl sites for hydroxylation is 1. The van der Waals surface area contributed by atoms with Crippen LogP contribution in [0.2, 0.25) is 0 Å². The lowest BCUT2D eigenvalue weighted by molar-refractivity contribution is 0.112. The van der Waals surface area contributed by atoms with Crippen LogP contribution in [0, 0.1) is 5.92 Å². The number of hydrogen-bond acceptors (Lipinski definition) is 3. The molecule has 1 aliphatic heterocycles. The molecule has 1 saturated carbocycles. The lowest BCUT2D eigenvalue weighted by atomic mass is 9.99. The van der Waals surface area contributed by atoms with Gasteiger partial charge in [0.15, 0.2) is 0 Å². The molecule has 0 radical (unpaired) electrons. The molecule has 1 atom stereocenters. The lowest BCUT2D eigenvalue weighted by Gasteiger charge is -2.35. The normalized spacial score (nSPS) is 18.6. The molecule has 1 aliphatic carbocycles. The summed E-state index contributed by atoms with van der Waals surface area (Å²) >= 11 is 0. The molecule has 4 nitrogen and oxygen atoms in total. The van der Waals surface area contributed by atoms with E-state index in [-0.39, 0.29) is 0 Å². The van der Waals surface area contributed by atoms with Crippen LogP contribution in [0.4, 0.5) is 0 Å². The highest BCUT2D eigenvalue weighted by atomic mass is 16.5. The molecule has 0 saturated heterocycles. The van der Waals surface area contributed by atoms with Crippen molar-refractivity contribution in [1.82, 2.24) is 9.88 Å². The van der Waals surface area contributed by atoms with E-state index in [4.69, 9.17) is 9.47 Å². The molecule has 3 aromatic rings. The average Bonchev–Trinajstić information content (AvgIpc) is 3.50. The zero-order chi connectivity index (χ0) is 19.6. The van der Waals surface area contributed by atoms with E-state index in [1.165, 1.54) is 47.8 Å². The van der Waals surface area contributed by atoms with Crippen LogP contribution in [0.5, 0.6) is 11.5 Å². The Morgan fingerprint density at radius 3 is 2.90 bits per heavy atom. The summed E-state index contributed by atoms with van der Waals surface area (Å²) in [7, 11) is 1.75. The van der Waals surface area contributed by atoms with Crippen LogP contribution in [0.15, 0.2) is 48.7 Å². The minimum absolute atomic E-state index is 0.433. The number of fused-ring (bicyclic) bond motifs is 2. The van der Waals surface area contributed by atoms with Crippen molar-refractivity contribution in [2.45, 2.75) is 38.1 Å². The van der Waals surface area contributed by atoms with Gasteiger partial charge in [0.05, 0.1) is 7.11 Å². The number of nitrogens with one attached hydrogen (secondary N) is 1. The Hall–Kier alpha value is -2.46. The Balaban J connectivity index is 1.27. The first-order valence-corrected chi connectivity index (χ1v) is 10.9. The maximum atomic E-state index is 6.14. The molecule has 2 heterocycles. The number of nitrogens with zero attached hydrogens (tertiary/aromatic N) is 1. The van der Waals surface area contributed by atoms with Crippen molar-refractivity contribution in [2.24, 2.45) is 5.92 Å². The van der Waals surface area contributed by atoms with Crippen molar-refractivity contribution in [1.29, 1.82) is 0 Å². The number of benzene rings is 2. The van der Waals surface area contributed by atoms with E-state index in [1.807, 2.05) is 12.1 Å². The maximum absolute atomic E-state index is 6.14. The van der Waals surface area contributed by atoms with Gasteiger partial charge in [0, 0.05) is 35.2 Å². The van der Waals surface area contributed by atoms with Gasteiger partial charge in [-0.3, -0.25) is 4.90 Å². The van der Waals surface area contributed by atoms with Crippen LogP contribution in [0.25, 0.3) is 10.9 Å². The molecule has 152 valence electrons. The molecule has 1 aromatic heterocycles. The summed E-state index contributed by atoms with van der Waals surface area (Å²) in [5.74, 6) is 2.82. The fourth-order valence-corrected chi connectivity index (χ4v) is 4.65. The predicted molar refractivity (Wildman–Crippen MR) is 117 cm³/mol. The summed E-state index contributed by atoms with van der Waals surface area (Å²) in [6.45, 7) is 3.10. The molecule has 2 aliphatic rings. The third-order valence-corrected chi connectivity index (χ3v) is 6.45. The number of ether oxygens (including phenoxy) is 2. The summed E-state index contributed by atoms with van der Waals surface area (Å²) in [4.78, 5) is 6.09. The SMILES string of the molecule is COc1cccc2c1CC(N(CCCc1c[nH]c3ccccc13)CC1CC1)CO2. The number of H-pyrrole nitrogens is 1. The zero-order valence-corrected chi connectivity index (χ0v) is 17.2. The predicted octanol–water partition coefficient (Wildman–Crippen LogP) is 4.82. The van der Waals surface area contributed by atoms with Crippen LogP contribution >= 0.6 is 0 Å². The zero-order valence-electron chi connectivity index (χ0n) is 17.2. The first-order chi connectivity index (χ1) is 14.3. The fourth-order valence-electron chi connectivity index (χ4n) is 4.65. The van der Waals surface area contributed by atoms with E-state index in [0.29, 0.717) is 6.04 Å². The van der Waals surface area contributed by atoms with E-state index in [0.717, 1.165) is 43.4 Å². The molecule has 0 amide bonds. The monoisotopic (exact) mass is 390 g/mol. The summed E-state index contributed by atoms with van der Waals surface area (Å²) in [6.07, 6.45) is 8.24. The third-order valence-electron chi connectivity index (χ3n) is 6.45. The molecule has 4 heteroatoms. The van der Waals surface area contributed by atoms with E-state index >= 15 is 0 Å². The van der Waals surface area contributed by atoms with Gasteiger partial charge in [-0.15, -0.1) is 0 Å². The highest BCUT2D eigenvalue weighted by Crippen LogP contribution is 2.36. The molecule has 1 unspecified atom stereocenters. The largest absolute Gasteiger partial charge is 0.496 e. The summed E-state index contributed by atoms with van der Waals surface area (Å²) < 4.78 is 11.7. The second kappa shape index (κ2) is 8.11. The molecule has 0 bridgehead atoms. The van der Waals surface area contributed by atoms with Crippen LogP contribution in [0.1, 0.15) is 30.4 Å². The van der Waals surface area contributed by atoms with Crippen molar-refractivity contribution in [3.05, 3.63) is 59.8 Å². The Morgan fingerprint density at radius 1 is 1.14 bits per heavy atom. The molecular weight excluding hydrogens is 360 g/mol. The van der Waals surface area contributed by atoms with Gasteiger partial charge in [-0.25, -0.2) is 0 Å². The first kappa shape index (κ1) is 18.6. The molecule has 29 heavy (non-hydrogen) atoms. The van der Waals surface area contributed by atoms with E-state index in [1.54, 1.807) is 7.11 Å². The van der Waals surface area contributed by atoms with E-state index in [2.05, 4.69) is 46.4 Å². The maximum Gasteiger partial charge on any atom is 0.126 e. The topological polar surface area (TPSA) is 37.5 Å². The molecule has 5 rings (SSSR count). The number of rotatable bonds is 8. The summed E-state index contributed by atoms with van der Waals surface area (Å²) in [5, 5.41) is 1.36. The Labute approximate surface area is 172 Å². The number of aromatic nitrogens is 1. The number of methoxy groups -OCH3 is 1. The van der Waals surface area contributed by atoms with Crippen LogP contribution < -0.4 is 9.47 Å². The minimum atomic E-state index is 0.433. The van der Waals surface area contributed by atoms with Gasteiger partial charge >= 0.3 is 0 Å². The first-order valence-electron chi connectivity index (χ1n) is 10.9. The number of aromatic amines is 1. The molecule has 2 aromatic carbocycles. The molecular formula is C25H30N2O2. The second-order valence-corrected chi connectivity index (χ2v) is 8.51. The van der Waals surface area contributed by atoms with Gasteiger partial charge in [-0.05, 0) is 68.3 Å². The van der Waals surface area contributed by atoms with Gasteiger partial charge in [-0.2, -0.15) is 0 Å². The number of para-hydroxylation sites is 1. The second-order valence-electron chi connectivity index (χ2n) is 8.51. The van der Waals surface area contributed by atoms with Crippen LogP contribution in [-0.4, -0.2) is 42.7 Å². The smallest absolute Gasteiger partial charge is 0.126 e. The Bertz CT molecular complexity index is 962. The van der Waals surface area contributed by atoms with Gasteiger partial charge in [0.25, 0.3) is 0 Å². The minimum Gasteiger partial charge on any atom is -0.496 e. The van der Waals surface area contributed by atoms with Crippen molar-refractivity contribution in [3.63, 3.8) is 0 Å². The summed E-state index contributed by atoms with van der Waals surface area (Å²) in [5.41, 5.74) is 3.89. The highest BCUT2D eigenvalue weighted by molar-refractivity contribution is 5.82. The van der Waals surface area contributed by atoms with Crippen molar-refractivity contribution in [3.8, 4) is 11.5 Å². The van der Waals surface area contributed by atoms with E-state index < -0.39 is 0 Å². The lowest BCUT2D eigenvalue weighted by Crippen LogP contribution is -2.44. The quantitative estimate of drug-likeness (QED) is 0.599. The number of hydrogen-bond donors (Lipinski definition) is 1. The van der Waals surface area contributed by atoms with Gasteiger partial charge in [-0.1, -0.05) is 24.3 Å². The third kappa shape index (κ3) is 3.99. The summed E-state index contributed by atoms with van der Waals surface area (Å²) in [6, 6.07) is 15.2. The Morgan fingerprint density at radius 2 is 2.03 bits per heavy atom. The molecule has 1 fully saturated rings. The fraction of sp³-hybridized carbons (Fsp3) is 0.440. The molecule has 1 N–H and O–H groups in total. The van der Waals surface area contributed by atoms with Crippen molar-refractivity contribution < 1.29 is 9.47 Å². The standard InChI is InChI=1S/C25H30N2O2/c1-28-24-9-4-10-25-22(24)14-20(17-29-25)27(16-18-11-12-18)13-5-6-19-15-26-23-8-3-2-7-21(19)23/h2-4,7-10,15,18,20,26H,5-6,11-14,16-17H2,1H3. The van der Waals surface area contributed by atoms with Gasteiger partial charge in [0.2, 0.25) is 0 Å². The average molecular weight is 391 g/mol. The van der Waals surface area contributed by atoms with Crippen LogP contribution in [-0.2, 0) is 12.8 Å². The highest BCUT2D eigenvalue weighted by Gasteiger charge is 2.31. The van der Waals surface area contributed by atoms with Gasteiger partial charge in [0.1, 0.15) is 18.1 Å².